The third kappa shape index (κ3) is 5.04. The molecule has 2 atom stereocenters. The zero-order valence-corrected chi connectivity index (χ0v) is 11.3. The summed E-state index contributed by atoms with van der Waals surface area (Å²) < 4.78 is 0. The Kier molecular flexibility index (Phi) is 5.92. The van der Waals surface area contributed by atoms with Crippen molar-refractivity contribution < 1.29 is 9.90 Å². The molecule has 0 saturated carbocycles. The first-order chi connectivity index (χ1) is 8.02. The van der Waals surface area contributed by atoms with E-state index in [0.717, 1.165) is 38.8 Å². The minimum Gasteiger partial charge on any atom is -0.393 e. The summed E-state index contributed by atoms with van der Waals surface area (Å²) >= 11 is 0. The maximum Gasteiger partial charge on any atom is 0.238 e. The van der Waals surface area contributed by atoms with E-state index in [1.165, 1.54) is 0 Å². The van der Waals surface area contributed by atoms with E-state index in [1.54, 1.807) is 0 Å². The number of aliphatic hydroxyl groups is 1. The summed E-state index contributed by atoms with van der Waals surface area (Å²) in [5.74, 6) is 0.840. The third-order valence-corrected chi connectivity index (χ3v) is 3.28. The fourth-order valence-corrected chi connectivity index (χ4v) is 2.28. The minimum absolute atomic E-state index is 0.148. The van der Waals surface area contributed by atoms with Crippen LogP contribution in [0.2, 0.25) is 0 Å². The van der Waals surface area contributed by atoms with E-state index in [9.17, 15) is 9.90 Å². The van der Waals surface area contributed by atoms with Crippen molar-refractivity contribution in [2.24, 2.45) is 11.8 Å². The molecule has 0 aliphatic carbocycles. The van der Waals surface area contributed by atoms with Gasteiger partial charge >= 0.3 is 0 Å². The van der Waals surface area contributed by atoms with Crippen molar-refractivity contribution in [3.05, 3.63) is 0 Å². The second-order valence-corrected chi connectivity index (χ2v) is 5.45. The predicted octanol–water partition coefficient (Wildman–Crippen LogP) is 1.55. The van der Waals surface area contributed by atoms with Crippen molar-refractivity contribution in [2.75, 3.05) is 13.1 Å². The highest BCUT2D eigenvalue weighted by Crippen LogP contribution is 2.14. The Morgan fingerprint density at radius 1 is 1.53 bits per heavy atom. The summed E-state index contributed by atoms with van der Waals surface area (Å²) in [7, 11) is 0. The fraction of sp³-hybridized carbons (Fsp3) is 0.923. The molecular weight excluding hydrogens is 216 g/mol. The van der Waals surface area contributed by atoms with Crippen molar-refractivity contribution in [1.82, 2.24) is 10.4 Å². The van der Waals surface area contributed by atoms with Gasteiger partial charge in [0, 0.05) is 13.1 Å². The van der Waals surface area contributed by atoms with Crippen LogP contribution >= 0.6 is 0 Å². The summed E-state index contributed by atoms with van der Waals surface area (Å²) in [6, 6.07) is 0. The smallest absolute Gasteiger partial charge is 0.238 e. The normalized spacial score (nSPS) is 23.1. The number of hydrogen-bond donors (Lipinski definition) is 2. The molecule has 0 aromatic heterocycles. The van der Waals surface area contributed by atoms with E-state index in [2.05, 4.69) is 19.3 Å². The Labute approximate surface area is 104 Å². The van der Waals surface area contributed by atoms with Crippen LogP contribution in [0.15, 0.2) is 0 Å². The third-order valence-electron chi connectivity index (χ3n) is 3.28. The van der Waals surface area contributed by atoms with E-state index in [-0.39, 0.29) is 17.9 Å². The molecule has 0 radical (unpaired) electrons. The number of carbonyl (C=O) groups excluding carboxylic acids is 1. The molecule has 4 heteroatoms. The van der Waals surface area contributed by atoms with Gasteiger partial charge in [0.1, 0.15) is 0 Å². The number of aliphatic hydroxyl groups excluding tert-OH is 1. The van der Waals surface area contributed by atoms with Gasteiger partial charge in [-0.25, -0.2) is 5.01 Å². The molecule has 17 heavy (non-hydrogen) atoms. The standard InChI is InChI=1S/C13H26N2O2/c1-4-11-9-15(14-13(11)17)7-5-6-12(16)8-10(2)3/h10-12,16H,4-9H2,1-3H3,(H,14,17). The highest BCUT2D eigenvalue weighted by Gasteiger charge is 2.28. The van der Waals surface area contributed by atoms with Crippen LogP contribution < -0.4 is 5.43 Å². The summed E-state index contributed by atoms with van der Waals surface area (Å²) in [5, 5.41) is 11.7. The Balaban J connectivity index is 2.13. The molecule has 100 valence electrons. The maximum absolute atomic E-state index is 11.5. The molecule has 1 saturated heterocycles. The zero-order valence-electron chi connectivity index (χ0n) is 11.3. The number of rotatable bonds is 7. The van der Waals surface area contributed by atoms with E-state index < -0.39 is 0 Å². The zero-order chi connectivity index (χ0) is 12.8. The highest BCUT2D eigenvalue weighted by atomic mass is 16.3. The van der Waals surface area contributed by atoms with Crippen LogP contribution in [-0.2, 0) is 4.79 Å². The van der Waals surface area contributed by atoms with E-state index in [0.29, 0.717) is 5.92 Å². The Morgan fingerprint density at radius 3 is 2.76 bits per heavy atom. The second kappa shape index (κ2) is 6.97. The van der Waals surface area contributed by atoms with Crippen LogP contribution in [0.3, 0.4) is 0 Å². The van der Waals surface area contributed by atoms with Gasteiger partial charge in [-0.2, -0.15) is 0 Å². The largest absolute Gasteiger partial charge is 0.393 e. The molecule has 1 amide bonds. The summed E-state index contributed by atoms with van der Waals surface area (Å²) in [4.78, 5) is 11.5. The average Bonchev–Trinajstić information content (AvgIpc) is 2.57. The van der Waals surface area contributed by atoms with Crippen LogP contribution in [0, 0.1) is 11.8 Å². The summed E-state index contributed by atoms with van der Waals surface area (Å²) in [6.45, 7) is 7.94. The van der Waals surface area contributed by atoms with Crippen molar-refractivity contribution in [2.45, 2.75) is 52.6 Å². The Morgan fingerprint density at radius 2 is 2.24 bits per heavy atom. The molecular formula is C13H26N2O2. The molecule has 0 bridgehead atoms. The SMILES string of the molecule is CCC1CN(CCCC(O)CC(C)C)NC1=O. The number of carbonyl (C=O) groups is 1. The van der Waals surface area contributed by atoms with Gasteiger partial charge in [0.05, 0.1) is 12.0 Å². The summed E-state index contributed by atoms with van der Waals surface area (Å²) in [5.41, 5.74) is 2.88. The first-order valence-electron chi connectivity index (χ1n) is 6.76. The molecule has 0 aromatic carbocycles. The quantitative estimate of drug-likeness (QED) is 0.712. The molecule has 0 spiro atoms. The van der Waals surface area contributed by atoms with Gasteiger partial charge in [0.25, 0.3) is 0 Å². The predicted molar refractivity (Wildman–Crippen MR) is 68.2 cm³/mol. The van der Waals surface area contributed by atoms with Crippen molar-refractivity contribution in [3.63, 3.8) is 0 Å². The molecule has 2 N–H and O–H groups in total. The molecule has 1 aliphatic heterocycles. The fourth-order valence-electron chi connectivity index (χ4n) is 2.28. The van der Waals surface area contributed by atoms with Gasteiger partial charge in [0.2, 0.25) is 5.91 Å². The highest BCUT2D eigenvalue weighted by molar-refractivity contribution is 5.80. The van der Waals surface area contributed by atoms with Gasteiger partial charge in [-0.3, -0.25) is 10.2 Å². The topological polar surface area (TPSA) is 52.6 Å². The van der Waals surface area contributed by atoms with Crippen LogP contribution in [0.4, 0.5) is 0 Å². The van der Waals surface area contributed by atoms with Crippen LogP contribution in [-0.4, -0.2) is 35.2 Å². The van der Waals surface area contributed by atoms with Gasteiger partial charge < -0.3 is 5.11 Å². The second-order valence-electron chi connectivity index (χ2n) is 5.45. The van der Waals surface area contributed by atoms with Crippen molar-refractivity contribution in [3.8, 4) is 0 Å². The van der Waals surface area contributed by atoms with Crippen LogP contribution in [0.25, 0.3) is 0 Å². The molecule has 1 fully saturated rings. The number of nitrogens with one attached hydrogen (secondary N) is 1. The lowest BCUT2D eigenvalue weighted by Gasteiger charge is -2.17. The van der Waals surface area contributed by atoms with Crippen molar-refractivity contribution >= 4 is 5.91 Å². The van der Waals surface area contributed by atoms with Gasteiger partial charge in [-0.05, 0) is 31.6 Å². The maximum atomic E-state index is 11.5. The summed E-state index contributed by atoms with van der Waals surface area (Å²) in [6.07, 6.45) is 3.32. The van der Waals surface area contributed by atoms with Crippen molar-refractivity contribution in [1.29, 1.82) is 0 Å². The Hall–Kier alpha value is -0.610. The number of amides is 1. The molecule has 1 aliphatic rings. The average molecular weight is 242 g/mol. The van der Waals surface area contributed by atoms with E-state index in [4.69, 9.17) is 0 Å². The lowest BCUT2D eigenvalue weighted by molar-refractivity contribution is -0.123. The van der Waals surface area contributed by atoms with Gasteiger partial charge in [-0.1, -0.05) is 20.8 Å². The lowest BCUT2D eigenvalue weighted by Crippen LogP contribution is -2.34. The molecule has 1 rings (SSSR count). The van der Waals surface area contributed by atoms with E-state index in [1.807, 2.05) is 11.9 Å². The van der Waals surface area contributed by atoms with Crippen LogP contribution in [0.1, 0.15) is 46.5 Å². The minimum atomic E-state index is -0.199. The first-order valence-corrected chi connectivity index (χ1v) is 6.76. The number of hydrazine groups is 1. The number of hydrogen-bond acceptors (Lipinski definition) is 3. The molecule has 1 heterocycles. The lowest BCUT2D eigenvalue weighted by atomic mass is 10.0. The van der Waals surface area contributed by atoms with Gasteiger partial charge in [0.15, 0.2) is 0 Å². The van der Waals surface area contributed by atoms with Gasteiger partial charge in [-0.15, -0.1) is 0 Å². The Bertz CT molecular complexity index is 244. The van der Waals surface area contributed by atoms with E-state index >= 15 is 0 Å². The molecule has 2 unspecified atom stereocenters. The van der Waals surface area contributed by atoms with Crippen LogP contribution in [0.5, 0.6) is 0 Å². The molecule has 0 aromatic rings. The number of nitrogens with zero attached hydrogens (tertiary/aromatic N) is 1. The molecule has 4 nitrogen and oxygen atoms in total. The first kappa shape index (κ1) is 14.5. The monoisotopic (exact) mass is 242 g/mol.